The summed E-state index contributed by atoms with van der Waals surface area (Å²) in [6, 6.07) is 8.02. The van der Waals surface area contributed by atoms with Crippen molar-refractivity contribution in [3.05, 3.63) is 59.4 Å². The van der Waals surface area contributed by atoms with Crippen molar-refractivity contribution < 1.29 is 23.4 Å². The number of aromatic amines is 1. The van der Waals surface area contributed by atoms with Crippen LogP contribution in [0.15, 0.2) is 36.5 Å². The number of hydrogen-bond acceptors (Lipinski definition) is 3. The van der Waals surface area contributed by atoms with Crippen LogP contribution >= 0.6 is 0 Å². The molecule has 0 radical (unpaired) electrons. The normalized spacial score (nSPS) is 19.3. The summed E-state index contributed by atoms with van der Waals surface area (Å²) in [7, 11) is 0. The molecule has 1 aliphatic heterocycles. The van der Waals surface area contributed by atoms with E-state index < -0.39 is 17.9 Å². The minimum Gasteiger partial charge on any atom is -0.479 e. The van der Waals surface area contributed by atoms with Gasteiger partial charge >= 0.3 is 5.97 Å². The number of rotatable bonds is 4. The number of fused-ring (bicyclic) bond motifs is 2. The first-order valence-corrected chi connectivity index (χ1v) is 10.7. The highest BCUT2D eigenvalue weighted by Gasteiger charge is 2.34. The summed E-state index contributed by atoms with van der Waals surface area (Å²) in [4.78, 5) is 11.3. The number of H-pyrrole nitrogens is 1. The number of carboxylic acid groups (broad SMARTS) is 1. The maximum absolute atomic E-state index is 15.9. The van der Waals surface area contributed by atoms with Crippen LogP contribution in [0.25, 0.3) is 27.5 Å². The van der Waals surface area contributed by atoms with Gasteiger partial charge in [0.2, 0.25) is 0 Å². The van der Waals surface area contributed by atoms with E-state index in [0.717, 1.165) is 16.9 Å². The molecule has 8 heteroatoms. The predicted octanol–water partition coefficient (Wildman–Crippen LogP) is 5.26. The third-order valence-electron chi connectivity index (χ3n) is 6.27. The SMILES string of the molecule is CC(C)c1c([C@H]2CCC(C(=O)O)OC2)c2c(F)c3[nH]ncc3cc2n1-c1ccc(F)cc1. The third kappa shape index (κ3) is 3.17. The molecule has 0 bridgehead atoms. The largest absolute Gasteiger partial charge is 0.479 e. The first-order valence-electron chi connectivity index (χ1n) is 10.7. The minimum absolute atomic E-state index is 0.0236. The van der Waals surface area contributed by atoms with E-state index in [0.29, 0.717) is 34.6 Å². The Morgan fingerprint density at radius 3 is 2.62 bits per heavy atom. The number of carbonyl (C=O) groups is 1. The van der Waals surface area contributed by atoms with E-state index in [-0.39, 0.29) is 24.3 Å². The highest BCUT2D eigenvalue weighted by atomic mass is 19.1. The van der Waals surface area contributed by atoms with Crippen molar-refractivity contribution in [2.75, 3.05) is 6.61 Å². The van der Waals surface area contributed by atoms with Gasteiger partial charge in [-0.1, -0.05) is 13.8 Å². The molecule has 3 heterocycles. The van der Waals surface area contributed by atoms with Crippen molar-refractivity contribution in [2.24, 2.45) is 0 Å². The van der Waals surface area contributed by atoms with Crippen LogP contribution in [-0.4, -0.2) is 38.6 Å². The monoisotopic (exact) mass is 439 g/mol. The molecule has 2 aromatic carbocycles. The molecule has 2 N–H and O–H groups in total. The highest BCUT2D eigenvalue weighted by Crippen LogP contribution is 2.44. The van der Waals surface area contributed by atoms with E-state index in [4.69, 9.17) is 4.74 Å². The average Bonchev–Trinajstić information content (AvgIpc) is 3.38. The zero-order valence-electron chi connectivity index (χ0n) is 17.7. The Morgan fingerprint density at radius 1 is 1.25 bits per heavy atom. The molecule has 2 atom stereocenters. The molecule has 0 saturated carbocycles. The average molecular weight is 439 g/mol. The zero-order valence-corrected chi connectivity index (χ0v) is 17.7. The fourth-order valence-electron chi connectivity index (χ4n) is 4.87. The quantitative estimate of drug-likeness (QED) is 0.455. The summed E-state index contributed by atoms with van der Waals surface area (Å²) in [5, 5.41) is 17.1. The van der Waals surface area contributed by atoms with Gasteiger partial charge in [0.1, 0.15) is 11.3 Å². The molecule has 1 aliphatic rings. The number of carboxylic acids is 1. The Balaban J connectivity index is 1.81. The van der Waals surface area contributed by atoms with Crippen LogP contribution in [0, 0.1) is 11.6 Å². The van der Waals surface area contributed by atoms with E-state index in [9.17, 15) is 14.3 Å². The van der Waals surface area contributed by atoms with Gasteiger partial charge in [0.15, 0.2) is 11.9 Å². The van der Waals surface area contributed by atoms with Gasteiger partial charge in [-0.05, 0) is 54.7 Å². The van der Waals surface area contributed by atoms with Crippen molar-refractivity contribution in [3.63, 3.8) is 0 Å². The maximum atomic E-state index is 15.9. The molecule has 1 fully saturated rings. The molecule has 166 valence electrons. The smallest absolute Gasteiger partial charge is 0.332 e. The van der Waals surface area contributed by atoms with Crippen molar-refractivity contribution in [2.45, 2.75) is 44.6 Å². The Kier molecular flexibility index (Phi) is 4.97. The molecule has 6 nitrogen and oxygen atoms in total. The molecule has 32 heavy (non-hydrogen) atoms. The molecule has 4 aromatic rings. The Bertz CT molecular complexity index is 1320. The van der Waals surface area contributed by atoms with E-state index in [1.807, 2.05) is 24.5 Å². The highest BCUT2D eigenvalue weighted by molar-refractivity contribution is 5.99. The second kappa shape index (κ2) is 7.70. The predicted molar refractivity (Wildman–Crippen MR) is 116 cm³/mol. The van der Waals surface area contributed by atoms with Crippen LogP contribution < -0.4 is 0 Å². The third-order valence-corrected chi connectivity index (χ3v) is 6.27. The molecule has 1 unspecified atom stereocenters. The van der Waals surface area contributed by atoms with E-state index in [1.165, 1.54) is 12.1 Å². The number of nitrogens with zero attached hydrogens (tertiary/aromatic N) is 2. The van der Waals surface area contributed by atoms with Gasteiger partial charge in [-0.3, -0.25) is 5.10 Å². The molecule has 0 spiro atoms. The van der Waals surface area contributed by atoms with Gasteiger partial charge in [-0.15, -0.1) is 0 Å². The standard InChI is InChI=1S/C24H23F2N3O3/c1-12(2)23-19(13-3-8-18(24(30)31)32-11-13)20-17(9-14-10-27-28-22(14)21(20)26)29(23)16-6-4-15(25)5-7-16/h4-7,9-10,12-13,18H,3,8,11H2,1-2H3,(H,27,28)(H,30,31)/t13-,18?/m0/s1. The fourth-order valence-corrected chi connectivity index (χ4v) is 4.87. The van der Waals surface area contributed by atoms with Crippen LogP contribution in [0.1, 0.15) is 49.8 Å². The lowest BCUT2D eigenvalue weighted by Crippen LogP contribution is -2.31. The van der Waals surface area contributed by atoms with Gasteiger partial charge in [-0.25, -0.2) is 13.6 Å². The molecule has 1 saturated heterocycles. The summed E-state index contributed by atoms with van der Waals surface area (Å²) in [6.45, 7) is 4.26. The van der Waals surface area contributed by atoms with Gasteiger partial charge in [0.25, 0.3) is 0 Å². The Hall–Kier alpha value is -3.26. The number of ether oxygens (including phenoxy) is 1. The summed E-state index contributed by atoms with van der Waals surface area (Å²) in [6.07, 6.45) is 1.66. The number of aromatic nitrogens is 3. The first kappa shape index (κ1) is 20.6. The molecular formula is C24H23F2N3O3. The van der Waals surface area contributed by atoms with Gasteiger partial charge < -0.3 is 14.4 Å². The summed E-state index contributed by atoms with van der Waals surface area (Å²) < 4.78 is 37.1. The maximum Gasteiger partial charge on any atom is 0.332 e. The molecule has 0 amide bonds. The molecule has 0 aliphatic carbocycles. The Labute approximate surface area is 182 Å². The first-order chi connectivity index (χ1) is 15.4. The van der Waals surface area contributed by atoms with Gasteiger partial charge in [-0.2, -0.15) is 5.10 Å². The lowest BCUT2D eigenvalue weighted by molar-refractivity contribution is -0.153. The minimum atomic E-state index is -0.980. The second-order valence-electron chi connectivity index (χ2n) is 8.62. The lowest BCUT2D eigenvalue weighted by Gasteiger charge is -2.28. The summed E-state index contributed by atoms with van der Waals surface area (Å²) >= 11 is 0. The fraction of sp³-hybridized carbons (Fsp3) is 0.333. The topological polar surface area (TPSA) is 80.1 Å². The molecule has 2 aromatic heterocycles. The summed E-state index contributed by atoms with van der Waals surface area (Å²) in [5.41, 5.74) is 3.45. The number of hydrogen-bond donors (Lipinski definition) is 2. The number of nitrogens with one attached hydrogen (secondary N) is 1. The molecule has 5 rings (SSSR count). The zero-order chi connectivity index (χ0) is 22.6. The van der Waals surface area contributed by atoms with Crippen LogP contribution in [-0.2, 0) is 9.53 Å². The van der Waals surface area contributed by atoms with Crippen molar-refractivity contribution >= 4 is 27.8 Å². The number of benzene rings is 2. The van der Waals surface area contributed by atoms with Crippen molar-refractivity contribution in [1.29, 1.82) is 0 Å². The lowest BCUT2D eigenvalue weighted by atomic mass is 9.86. The van der Waals surface area contributed by atoms with Crippen molar-refractivity contribution in [3.8, 4) is 5.69 Å². The number of halogens is 2. The second-order valence-corrected chi connectivity index (χ2v) is 8.62. The molecular weight excluding hydrogens is 416 g/mol. The van der Waals surface area contributed by atoms with E-state index in [2.05, 4.69) is 10.2 Å². The van der Waals surface area contributed by atoms with Crippen LogP contribution in [0.5, 0.6) is 0 Å². The van der Waals surface area contributed by atoms with E-state index in [1.54, 1.807) is 18.3 Å². The van der Waals surface area contributed by atoms with Crippen LogP contribution in [0.4, 0.5) is 8.78 Å². The van der Waals surface area contributed by atoms with E-state index >= 15 is 4.39 Å². The number of aliphatic carboxylic acids is 1. The van der Waals surface area contributed by atoms with Crippen LogP contribution in [0.2, 0.25) is 0 Å². The van der Waals surface area contributed by atoms with Gasteiger partial charge in [0, 0.05) is 28.1 Å². The Morgan fingerprint density at radius 2 is 2.00 bits per heavy atom. The van der Waals surface area contributed by atoms with Crippen LogP contribution in [0.3, 0.4) is 0 Å². The van der Waals surface area contributed by atoms with Crippen molar-refractivity contribution in [1.82, 2.24) is 14.8 Å². The summed E-state index contributed by atoms with van der Waals surface area (Å²) in [5.74, 6) is -1.86. The van der Waals surface area contributed by atoms with Gasteiger partial charge in [0.05, 0.1) is 18.3 Å².